The molecule has 1 amide bonds. The minimum absolute atomic E-state index is 0.0763. The van der Waals surface area contributed by atoms with Crippen LogP contribution in [0.25, 0.3) is 0 Å². The molecule has 8 heteroatoms. The molecule has 0 bridgehead atoms. The molecule has 0 aliphatic heterocycles. The quantitative estimate of drug-likeness (QED) is 0.549. The van der Waals surface area contributed by atoms with Crippen LogP contribution < -0.4 is 10.1 Å². The first-order valence-corrected chi connectivity index (χ1v) is 10.7. The zero-order chi connectivity index (χ0) is 18.4. The molecule has 1 atom stereocenters. The largest absolute Gasteiger partial charge is 0.457 e. The Morgan fingerprint density at radius 2 is 1.69 bits per heavy atom. The Kier molecular flexibility index (Phi) is 6.54. The first kappa shape index (κ1) is 18.8. The number of benzene rings is 2. The van der Waals surface area contributed by atoms with E-state index in [9.17, 15) is 4.79 Å². The van der Waals surface area contributed by atoms with E-state index >= 15 is 0 Å². The van der Waals surface area contributed by atoms with Crippen LogP contribution in [0.2, 0.25) is 0 Å². The van der Waals surface area contributed by atoms with Crippen molar-refractivity contribution in [1.29, 1.82) is 0 Å². The third kappa shape index (κ3) is 5.23. The summed E-state index contributed by atoms with van der Waals surface area (Å²) in [6.07, 6.45) is 1.95. The monoisotopic (exact) mass is 403 g/mol. The van der Waals surface area contributed by atoms with Crippen molar-refractivity contribution in [3.63, 3.8) is 0 Å². The van der Waals surface area contributed by atoms with Crippen LogP contribution in [-0.4, -0.2) is 27.6 Å². The maximum Gasteiger partial charge on any atom is 0.237 e. The molecule has 0 radical (unpaired) electrons. The van der Waals surface area contributed by atoms with Gasteiger partial charge in [0.25, 0.3) is 0 Å². The van der Waals surface area contributed by atoms with Crippen LogP contribution in [-0.2, 0) is 4.79 Å². The van der Waals surface area contributed by atoms with Gasteiger partial charge in [-0.15, -0.1) is 10.2 Å². The van der Waals surface area contributed by atoms with Gasteiger partial charge in [0.15, 0.2) is 8.68 Å². The van der Waals surface area contributed by atoms with Gasteiger partial charge in [0.2, 0.25) is 5.91 Å². The number of carbonyl (C=O) groups excluding carboxylic acids is 1. The van der Waals surface area contributed by atoms with Crippen LogP contribution in [0.3, 0.4) is 0 Å². The van der Waals surface area contributed by atoms with Gasteiger partial charge in [0.1, 0.15) is 11.5 Å². The Bertz CT molecular complexity index is 854. The molecule has 0 spiro atoms. The van der Waals surface area contributed by atoms with Gasteiger partial charge in [0, 0.05) is 5.69 Å². The third-order valence-corrected chi connectivity index (χ3v) is 6.39. The molecule has 0 aliphatic carbocycles. The number of anilines is 1. The van der Waals surface area contributed by atoms with Crippen LogP contribution in [0.5, 0.6) is 11.5 Å². The summed E-state index contributed by atoms with van der Waals surface area (Å²) in [6.45, 7) is 1.85. The molecule has 134 valence electrons. The lowest BCUT2D eigenvalue weighted by Crippen LogP contribution is -2.22. The van der Waals surface area contributed by atoms with E-state index in [0.717, 1.165) is 25.9 Å². The van der Waals surface area contributed by atoms with Crippen molar-refractivity contribution >= 4 is 46.5 Å². The summed E-state index contributed by atoms with van der Waals surface area (Å²) < 4.78 is 7.44. The van der Waals surface area contributed by atoms with E-state index in [-0.39, 0.29) is 11.2 Å². The number of carbonyl (C=O) groups is 1. The number of rotatable bonds is 7. The van der Waals surface area contributed by atoms with Gasteiger partial charge < -0.3 is 10.1 Å². The second kappa shape index (κ2) is 9.07. The van der Waals surface area contributed by atoms with Gasteiger partial charge >= 0.3 is 0 Å². The summed E-state index contributed by atoms with van der Waals surface area (Å²) in [5.41, 5.74) is 0.727. The van der Waals surface area contributed by atoms with E-state index in [0.29, 0.717) is 0 Å². The lowest BCUT2D eigenvalue weighted by atomic mass is 10.3. The molecule has 0 aliphatic rings. The Labute approximate surface area is 164 Å². The Morgan fingerprint density at radius 1 is 1.04 bits per heavy atom. The topological polar surface area (TPSA) is 64.1 Å². The van der Waals surface area contributed by atoms with Crippen molar-refractivity contribution in [3.05, 3.63) is 54.6 Å². The second-order valence-corrected chi connectivity index (χ2v) is 8.85. The highest BCUT2D eigenvalue weighted by Crippen LogP contribution is 2.30. The predicted octanol–water partition coefficient (Wildman–Crippen LogP) is 5.17. The summed E-state index contributed by atoms with van der Waals surface area (Å²) in [5.74, 6) is 1.42. The molecule has 3 rings (SSSR count). The number of ether oxygens (including phenoxy) is 1. The number of amides is 1. The highest BCUT2D eigenvalue weighted by Gasteiger charge is 2.17. The highest BCUT2D eigenvalue weighted by atomic mass is 32.2. The molecule has 26 heavy (non-hydrogen) atoms. The summed E-state index contributed by atoms with van der Waals surface area (Å²) in [5, 5.41) is 10.8. The first-order valence-electron chi connectivity index (χ1n) is 7.82. The predicted molar refractivity (Wildman–Crippen MR) is 109 cm³/mol. The standard InChI is InChI=1S/C18H17N3O2S3/c1-12(25-18-21-20-17(24-2)26-18)16(22)19-13-8-10-15(11-9-13)23-14-6-4-3-5-7-14/h3-12H,1-2H3,(H,19,22)/t12-/m1/s1. The molecule has 0 saturated carbocycles. The average molecular weight is 404 g/mol. The van der Waals surface area contributed by atoms with Gasteiger partial charge in [-0.1, -0.05) is 53.1 Å². The van der Waals surface area contributed by atoms with Crippen LogP contribution >= 0.6 is 34.9 Å². The second-order valence-electron chi connectivity index (χ2n) is 5.23. The van der Waals surface area contributed by atoms with Gasteiger partial charge in [-0.3, -0.25) is 4.79 Å². The fourth-order valence-electron chi connectivity index (χ4n) is 2.01. The molecule has 1 heterocycles. The smallest absolute Gasteiger partial charge is 0.237 e. The number of hydrogen-bond acceptors (Lipinski definition) is 7. The molecule has 0 fully saturated rings. The summed E-state index contributed by atoms with van der Waals surface area (Å²) >= 11 is 4.45. The van der Waals surface area contributed by atoms with Gasteiger partial charge in [-0.05, 0) is 49.6 Å². The maximum absolute atomic E-state index is 12.4. The molecule has 2 aromatic carbocycles. The third-order valence-electron chi connectivity index (χ3n) is 3.31. The zero-order valence-electron chi connectivity index (χ0n) is 14.2. The van der Waals surface area contributed by atoms with Gasteiger partial charge in [0.05, 0.1) is 5.25 Å². The van der Waals surface area contributed by atoms with E-state index in [1.165, 1.54) is 23.1 Å². The molecule has 5 nitrogen and oxygen atoms in total. The van der Waals surface area contributed by atoms with Crippen molar-refractivity contribution < 1.29 is 9.53 Å². The molecular formula is C18H17N3O2S3. The SMILES string of the molecule is CSc1nnc(S[C@H](C)C(=O)Nc2ccc(Oc3ccccc3)cc2)s1. The van der Waals surface area contributed by atoms with E-state index in [4.69, 9.17) is 4.74 Å². The number of nitrogens with zero attached hydrogens (tertiary/aromatic N) is 2. The number of thioether (sulfide) groups is 2. The lowest BCUT2D eigenvalue weighted by molar-refractivity contribution is -0.115. The minimum atomic E-state index is -0.266. The summed E-state index contributed by atoms with van der Waals surface area (Å²) in [4.78, 5) is 12.4. The lowest BCUT2D eigenvalue weighted by Gasteiger charge is -2.11. The van der Waals surface area contributed by atoms with E-state index in [1.807, 2.05) is 67.8 Å². The van der Waals surface area contributed by atoms with Crippen LogP contribution in [0.4, 0.5) is 5.69 Å². The number of para-hydroxylation sites is 1. The van der Waals surface area contributed by atoms with Gasteiger partial charge in [-0.2, -0.15) is 0 Å². The van der Waals surface area contributed by atoms with Crippen LogP contribution in [0, 0.1) is 0 Å². The van der Waals surface area contributed by atoms with Crippen molar-refractivity contribution in [1.82, 2.24) is 10.2 Å². The number of nitrogens with one attached hydrogen (secondary N) is 1. The fraction of sp³-hybridized carbons (Fsp3) is 0.167. The number of aromatic nitrogens is 2. The van der Waals surface area contributed by atoms with E-state index in [2.05, 4.69) is 15.5 Å². The maximum atomic E-state index is 12.4. The van der Waals surface area contributed by atoms with Crippen molar-refractivity contribution in [2.45, 2.75) is 20.9 Å². The zero-order valence-corrected chi connectivity index (χ0v) is 16.7. The average Bonchev–Trinajstić information content (AvgIpc) is 3.11. The minimum Gasteiger partial charge on any atom is -0.457 e. The molecule has 0 unspecified atom stereocenters. The molecule has 3 aromatic rings. The molecule has 1 N–H and O–H groups in total. The van der Waals surface area contributed by atoms with Crippen molar-refractivity contribution in [2.75, 3.05) is 11.6 Å². The van der Waals surface area contributed by atoms with Crippen molar-refractivity contribution in [3.8, 4) is 11.5 Å². The Balaban J connectivity index is 1.55. The Morgan fingerprint density at radius 3 is 2.35 bits per heavy atom. The first-order chi connectivity index (χ1) is 12.6. The van der Waals surface area contributed by atoms with Gasteiger partial charge in [-0.25, -0.2) is 0 Å². The fourth-order valence-corrected chi connectivity index (χ4v) is 4.59. The molecule has 1 aromatic heterocycles. The Hall–Kier alpha value is -2.03. The van der Waals surface area contributed by atoms with Crippen LogP contribution in [0.1, 0.15) is 6.92 Å². The van der Waals surface area contributed by atoms with Crippen molar-refractivity contribution in [2.24, 2.45) is 0 Å². The summed E-state index contributed by atoms with van der Waals surface area (Å²) in [6, 6.07) is 16.9. The number of hydrogen-bond donors (Lipinski definition) is 1. The normalized spacial score (nSPS) is 11.8. The highest BCUT2D eigenvalue weighted by molar-refractivity contribution is 8.03. The molecular weight excluding hydrogens is 386 g/mol. The summed E-state index contributed by atoms with van der Waals surface area (Å²) in [7, 11) is 0. The van der Waals surface area contributed by atoms with E-state index in [1.54, 1.807) is 11.8 Å². The molecule has 0 saturated heterocycles. The van der Waals surface area contributed by atoms with E-state index < -0.39 is 0 Å². The van der Waals surface area contributed by atoms with Crippen LogP contribution in [0.15, 0.2) is 63.3 Å².